The van der Waals surface area contributed by atoms with Crippen LogP contribution in [0.5, 0.6) is 0 Å². The Morgan fingerprint density at radius 1 is 1.17 bits per heavy atom. The van der Waals surface area contributed by atoms with Gasteiger partial charge < -0.3 is 5.73 Å². The van der Waals surface area contributed by atoms with Crippen molar-refractivity contribution in [1.82, 2.24) is 14.8 Å². The lowest BCUT2D eigenvalue weighted by Crippen LogP contribution is -2.05. The molecule has 96 valence electrons. The number of anilines is 1. The Morgan fingerprint density at radius 3 is 2.44 bits per heavy atom. The average molecular weight is 285 g/mol. The summed E-state index contributed by atoms with van der Waals surface area (Å²) >= 11 is 11.9. The highest BCUT2D eigenvalue weighted by atomic mass is 35.5. The maximum atomic E-state index is 6.02. The van der Waals surface area contributed by atoms with Crippen molar-refractivity contribution in [1.29, 1.82) is 0 Å². The number of halogens is 2. The fourth-order valence-electron chi connectivity index (χ4n) is 1.70. The van der Waals surface area contributed by atoms with Gasteiger partial charge in [-0.3, -0.25) is 0 Å². The van der Waals surface area contributed by atoms with E-state index in [0.717, 1.165) is 24.5 Å². The molecule has 6 heteroatoms. The number of aromatic nitrogens is 3. The highest BCUT2D eigenvalue weighted by molar-refractivity contribution is 6.42. The molecular formula is C12H14Cl2N4. The Morgan fingerprint density at radius 2 is 1.83 bits per heavy atom. The Balaban J connectivity index is 2.60. The average Bonchev–Trinajstić information content (AvgIpc) is 2.77. The van der Waals surface area contributed by atoms with Crippen molar-refractivity contribution in [3.8, 4) is 5.69 Å². The molecule has 0 atom stereocenters. The zero-order valence-electron chi connectivity index (χ0n) is 10.2. The van der Waals surface area contributed by atoms with E-state index < -0.39 is 0 Å². The van der Waals surface area contributed by atoms with Crippen molar-refractivity contribution in [2.24, 2.45) is 0 Å². The van der Waals surface area contributed by atoms with Crippen LogP contribution in [0.2, 0.25) is 10.0 Å². The van der Waals surface area contributed by atoms with Crippen LogP contribution in [0.25, 0.3) is 5.69 Å². The van der Waals surface area contributed by atoms with Gasteiger partial charge in [-0.25, -0.2) is 9.67 Å². The SMILES string of the molecule is CCc1nc(CC)n(-c2cc(Cl)c(Cl)cc2N)n1. The molecule has 0 bridgehead atoms. The number of hydrogen-bond acceptors (Lipinski definition) is 3. The van der Waals surface area contributed by atoms with Crippen LogP contribution in [0, 0.1) is 0 Å². The summed E-state index contributed by atoms with van der Waals surface area (Å²) in [6.07, 6.45) is 1.55. The van der Waals surface area contributed by atoms with Crippen LogP contribution >= 0.6 is 23.2 Å². The van der Waals surface area contributed by atoms with E-state index in [0.29, 0.717) is 21.4 Å². The maximum absolute atomic E-state index is 6.02. The largest absolute Gasteiger partial charge is 0.397 e. The summed E-state index contributed by atoms with van der Waals surface area (Å²) in [4.78, 5) is 4.44. The van der Waals surface area contributed by atoms with Gasteiger partial charge in [0.2, 0.25) is 0 Å². The van der Waals surface area contributed by atoms with E-state index in [1.165, 1.54) is 0 Å². The van der Waals surface area contributed by atoms with E-state index in [-0.39, 0.29) is 0 Å². The van der Waals surface area contributed by atoms with Crippen LogP contribution in [0.3, 0.4) is 0 Å². The standard InChI is InChI=1S/C12H14Cl2N4/c1-3-11-16-12(4-2)18(17-11)10-6-8(14)7(13)5-9(10)15/h5-6H,3-4,15H2,1-2H3. The summed E-state index contributed by atoms with van der Waals surface area (Å²) in [5.41, 5.74) is 7.22. The first-order chi connectivity index (χ1) is 8.56. The van der Waals surface area contributed by atoms with Gasteiger partial charge in [-0.05, 0) is 12.1 Å². The number of nitrogen functional groups attached to an aromatic ring is 1. The predicted molar refractivity (Wildman–Crippen MR) is 74.5 cm³/mol. The van der Waals surface area contributed by atoms with Crippen molar-refractivity contribution in [2.45, 2.75) is 26.7 Å². The van der Waals surface area contributed by atoms with Crippen LogP contribution in [0.1, 0.15) is 25.5 Å². The van der Waals surface area contributed by atoms with E-state index in [9.17, 15) is 0 Å². The molecule has 0 aliphatic rings. The number of hydrogen-bond donors (Lipinski definition) is 1. The second-order valence-corrected chi connectivity index (χ2v) is 4.70. The molecule has 0 aliphatic heterocycles. The zero-order valence-corrected chi connectivity index (χ0v) is 11.8. The molecule has 4 nitrogen and oxygen atoms in total. The quantitative estimate of drug-likeness (QED) is 0.880. The molecule has 0 amide bonds. The van der Waals surface area contributed by atoms with Gasteiger partial charge in [0, 0.05) is 12.8 Å². The van der Waals surface area contributed by atoms with Crippen molar-refractivity contribution < 1.29 is 0 Å². The van der Waals surface area contributed by atoms with Crippen LogP contribution in [-0.4, -0.2) is 14.8 Å². The van der Waals surface area contributed by atoms with Gasteiger partial charge in [0.15, 0.2) is 5.82 Å². The third kappa shape index (κ3) is 2.31. The Labute approximate surface area is 116 Å². The molecule has 0 saturated heterocycles. The third-order valence-electron chi connectivity index (χ3n) is 2.65. The lowest BCUT2D eigenvalue weighted by molar-refractivity contribution is 0.793. The smallest absolute Gasteiger partial charge is 0.151 e. The Hall–Kier alpha value is -1.26. The van der Waals surface area contributed by atoms with Gasteiger partial charge in [-0.1, -0.05) is 37.0 Å². The van der Waals surface area contributed by atoms with Crippen LogP contribution < -0.4 is 5.73 Å². The first kappa shape index (κ1) is 13.2. The van der Waals surface area contributed by atoms with Crippen molar-refractivity contribution >= 4 is 28.9 Å². The van der Waals surface area contributed by atoms with Crippen molar-refractivity contribution in [3.05, 3.63) is 33.8 Å². The van der Waals surface area contributed by atoms with Gasteiger partial charge in [-0.15, -0.1) is 0 Å². The van der Waals surface area contributed by atoms with Gasteiger partial charge in [0.1, 0.15) is 5.82 Å². The highest BCUT2D eigenvalue weighted by Crippen LogP contribution is 2.30. The van der Waals surface area contributed by atoms with Gasteiger partial charge in [-0.2, -0.15) is 5.10 Å². The third-order valence-corrected chi connectivity index (χ3v) is 3.37. The van der Waals surface area contributed by atoms with Gasteiger partial charge in [0.05, 0.1) is 21.4 Å². The van der Waals surface area contributed by atoms with E-state index in [2.05, 4.69) is 10.1 Å². The molecule has 2 aromatic rings. The van der Waals surface area contributed by atoms with Crippen molar-refractivity contribution in [3.63, 3.8) is 0 Å². The van der Waals surface area contributed by atoms with E-state index in [4.69, 9.17) is 28.9 Å². The summed E-state index contributed by atoms with van der Waals surface area (Å²) in [6, 6.07) is 3.35. The Bertz CT molecular complexity index is 578. The van der Waals surface area contributed by atoms with E-state index in [1.54, 1.807) is 16.8 Å². The van der Waals surface area contributed by atoms with Gasteiger partial charge >= 0.3 is 0 Å². The number of rotatable bonds is 3. The molecule has 0 radical (unpaired) electrons. The maximum Gasteiger partial charge on any atom is 0.151 e. The number of nitrogens with two attached hydrogens (primary N) is 1. The molecule has 1 aromatic heterocycles. The molecule has 2 N–H and O–H groups in total. The molecule has 0 unspecified atom stereocenters. The summed E-state index contributed by atoms with van der Waals surface area (Å²) in [5.74, 6) is 1.65. The minimum absolute atomic E-state index is 0.437. The monoisotopic (exact) mass is 284 g/mol. The molecule has 2 rings (SSSR count). The normalized spacial score (nSPS) is 10.9. The minimum atomic E-state index is 0.437. The Kier molecular flexibility index (Phi) is 3.78. The molecule has 18 heavy (non-hydrogen) atoms. The highest BCUT2D eigenvalue weighted by Gasteiger charge is 2.13. The van der Waals surface area contributed by atoms with Crippen molar-refractivity contribution in [2.75, 3.05) is 5.73 Å². The minimum Gasteiger partial charge on any atom is -0.397 e. The lowest BCUT2D eigenvalue weighted by atomic mass is 10.2. The molecule has 0 saturated carbocycles. The van der Waals surface area contributed by atoms with Crippen LogP contribution in [0.15, 0.2) is 12.1 Å². The van der Waals surface area contributed by atoms with E-state index in [1.807, 2.05) is 13.8 Å². The second kappa shape index (κ2) is 5.16. The molecule has 0 aliphatic carbocycles. The second-order valence-electron chi connectivity index (χ2n) is 3.89. The van der Waals surface area contributed by atoms with Crippen LogP contribution in [-0.2, 0) is 12.8 Å². The summed E-state index contributed by atoms with van der Waals surface area (Å²) in [7, 11) is 0. The molecule has 1 aromatic carbocycles. The summed E-state index contributed by atoms with van der Waals surface area (Å²) in [6.45, 7) is 4.03. The fraction of sp³-hybridized carbons (Fsp3) is 0.333. The predicted octanol–water partition coefficient (Wildman–Crippen LogP) is 3.28. The summed E-state index contributed by atoms with van der Waals surface area (Å²) in [5, 5.41) is 5.32. The zero-order chi connectivity index (χ0) is 13.3. The van der Waals surface area contributed by atoms with E-state index >= 15 is 0 Å². The fourth-order valence-corrected chi connectivity index (χ4v) is 2.03. The number of benzene rings is 1. The lowest BCUT2D eigenvalue weighted by Gasteiger charge is -2.09. The number of aryl methyl sites for hydroxylation is 2. The molecule has 0 spiro atoms. The van der Waals surface area contributed by atoms with Gasteiger partial charge in [0.25, 0.3) is 0 Å². The number of nitrogens with zero attached hydrogens (tertiary/aromatic N) is 3. The first-order valence-corrected chi connectivity index (χ1v) is 6.52. The summed E-state index contributed by atoms with van der Waals surface area (Å²) < 4.78 is 1.73. The first-order valence-electron chi connectivity index (χ1n) is 5.76. The topological polar surface area (TPSA) is 56.7 Å². The molecule has 1 heterocycles. The molecular weight excluding hydrogens is 271 g/mol. The van der Waals surface area contributed by atoms with Crippen LogP contribution in [0.4, 0.5) is 5.69 Å². The molecule has 0 fully saturated rings.